The van der Waals surface area contributed by atoms with Crippen LogP contribution in [0, 0.1) is 0 Å². The van der Waals surface area contributed by atoms with Crippen LogP contribution in [0.4, 0.5) is 10.5 Å². The largest absolute Gasteiger partial charge is 0.379 e. The molecule has 6 nitrogen and oxygen atoms in total. The molecule has 0 saturated heterocycles. The van der Waals surface area contributed by atoms with Crippen molar-refractivity contribution in [1.82, 2.24) is 10.6 Å². The van der Waals surface area contributed by atoms with Gasteiger partial charge in [0, 0.05) is 25.3 Å². The zero-order valence-electron chi connectivity index (χ0n) is 14.6. The van der Waals surface area contributed by atoms with Crippen LogP contribution in [0.3, 0.4) is 0 Å². The Morgan fingerprint density at radius 1 is 1.29 bits per heavy atom. The number of anilines is 1. The smallest absolute Gasteiger partial charge is 0.315 e. The number of ether oxygens (including phenoxy) is 1. The van der Waals surface area contributed by atoms with Crippen molar-refractivity contribution in [3.8, 4) is 0 Å². The Bertz CT molecular complexity index is 587. The molecule has 1 aliphatic heterocycles. The lowest BCUT2D eigenvalue weighted by atomic mass is 9.98. The maximum Gasteiger partial charge on any atom is 0.315 e. The van der Waals surface area contributed by atoms with E-state index in [-0.39, 0.29) is 24.1 Å². The normalized spacial score (nSPS) is 14.8. The molecular weight excluding hydrogens is 306 g/mol. The van der Waals surface area contributed by atoms with E-state index in [2.05, 4.69) is 22.0 Å². The summed E-state index contributed by atoms with van der Waals surface area (Å²) in [6.45, 7) is 7.16. The van der Waals surface area contributed by atoms with Crippen molar-refractivity contribution in [2.75, 3.05) is 18.5 Å². The molecule has 0 saturated carbocycles. The number of amides is 3. The lowest BCUT2D eigenvalue weighted by Crippen LogP contribution is -2.37. The van der Waals surface area contributed by atoms with E-state index in [1.165, 1.54) is 0 Å². The number of hydrogen-bond donors (Lipinski definition) is 3. The molecule has 132 valence electrons. The standard InChI is InChI=1S/C18H27N3O3/c1-12(2)24-10-4-9-19-18(23)20-13(3)14-5-7-16-15(11-14)6-8-17(22)21-16/h5,7,11-13H,4,6,8-10H2,1-3H3,(H,21,22)(H2,19,20,23). The summed E-state index contributed by atoms with van der Waals surface area (Å²) in [4.78, 5) is 23.3. The number of carbonyl (C=O) groups is 2. The number of nitrogens with one attached hydrogen (secondary N) is 3. The summed E-state index contributed by atoms with van der Waals surface area (Å²) in [6.07, 6.45) is 2.26. The van der Waals surface area contributed by atoms with Crippen LogP contribution in [0.15, 0.2) is 18.2 Å². The maximum absolute atomic E-state index is 11.9. The number of urea groups is 1. The van der Waals surface area contributed by atoms with Crippen LogP contribution in [0.2, 0.25) is 0 Å². The van der Waals surface area contributed by atoms with Crippen LogP contribution >= 0.6 is 0 Å². The predicted octanol–water partition coefficient (Wildman–Crippen LogP) is 2.75. The first-order chi connectivity index (χ1) is 11.5. The van der Waals surface area contributed by atoms with Gasteiger partial charge in [-0.15, -0.1) is 0 Å². The molecule has 1 aromatic carbocycles. The third kappa shape index (κ3) is 5.53. The van der Waals surface area contributed by atoms with Crippen LogP contribution in [-0.4, -0.2) is 31.2 Å². The van der Waals surface area contributed by atoms with Gasteiger partial charge in [0.25, 0.3) is 0 Å². The summed E-state index contributed by atoms with van der Waals surface area (Å²) >= 11 is 0. The van der Waals surface area contributed by atoms with E-state index < -0.39 is 0 Å². The number of rotatable bonds is 7. The van der Waals surface area contributed by atoms with E-state index in [0.29, 0.717) is 19.6 Å². The molecule has 1 unspecified atom stereocenters. The van der Waals surface area contributed by atoms with Gasteiger partial charge in [-0.05, 0) is 50.8 Å². The van der Waals surface area contributed by atoms with Gasteiger partial charge in [0.2, 0.25) is 5.91 Å². The van der Waals surface area contributed by atoms with E-state index in [1.807, 2.05) is 32.9 Å². The zero-order chi connectivity index (χ0) is 17.5. The average molecular weight is 333 g/mol. The van der Waals surface area contributed by atoms with E-state index in [0.717, 1.165) is 29.7 Å². The molecule has 1 heterocycles. The van der Waals surface area contributed by atoms with Crippen LogP contribution in [0.1, 0.15) is 50.8 Å². The third-order valence-electron chi connectivity index (χ3n) is 3.93. The van der Waals surface area contributed by atoms with Gasteiger partial charge in [-0.1, -0.05) is 12.1 Å². The number of carbonyl (C=O) groups excluding carboxylic acids is 2. The van der Waals surface area contributed by atoms with Gasteiger partial charge >= 0.3 is 6.03 Å². The van der Waals surface area contributed by atoms with Gasteiger partial charge < -0.3 is 20.7 Å². The summed E-state index contributed by atoms with van der Waals surface area (Å²) in [5, 5.41) is 8.64. The highest BCUT2D eigenvalue weighted by atomic mass is 16.5. The van der Waals surface area contributed by atoms with E-state index in [1.54, 1.807) is 0 Å². The molecule has 0 aliphatic carbocycles. The second kappa shape index (κ2) is 8.68. The molecule has 0 spiro atoms. The van der Waals surface area contributed by atoms with Crippen molar-refractivity contribution < 1.29 is 14.3 Å². The van der Waals surface area contributed by atoms with Crippen molar-refractivity contribution in [2.45, 2.75) is 52.2 Å². The molecule has 0 radical (unpaired) electrons. The Hall–Kier alpha value is -2.08. The van der Waals surface area contributed by atoms with Gasteiger partial charge in [0.05, 0.1) is 12.1 Å². The lowest BCUT2D eigenvalue weighted by Gasteiger charge is -2.20. The van der Waals surface area contributed by atoms with E-state index in [9.17, 15) is 9.59 Å². The fourth-order valence-electron chi connectivity index (χ4n) is 2.60. The third-order valence-corrected chi connectivity index (χ3v) is 3.93. The molecule has 1 atom stereocenters. The van der Waals surface area contributed by atoms with Crippen molar-refractivity contribution in [3.05, 3.63) is 29.3 Å². The molecule has 0 fully saturated rings. The van der Waals surface area contributed by atoms with Crippen LogP contribution in [0.25, 0.3) is 0 Å². The highest BCUT2D eigenvalue weighted by Gasteiger charge is 2.17. The molecule has 24 heavy (non-hydrogen) atoms. The highest BCUT2D eigenvalue weighted by molar-refractivity contribution is 5.93. The Labute approximate surface area is 143 Å². The number of benzene rings is 1. The average Bonchev–Trinajstić information content (AvgIpc) is 2.53. The number of fused-ring (bicyclic) bond motifs is 1. The topological polar surface area (TPSA) is 79.5 Å². The fraction of sp³-hybridized carbons (Fsp3) is 0.556. The molecule has 0 aromatic heterocycles. The van der Waals surface area contributed by atoms with Crippen molar-refractivity contribution in [3.63, 3.8) is 0 Å². The predicted molar refractivity (Wildman–Crippen MR) is 94.0 cm³/mol. The second-order valence-electron chi connectivity index (χ2n) is 6.36. The highest BCUT2D eigenvalue weighted by Crippen LogP contribution is 2.26. The van der Waals surface area contributed by atoms with Gasteiger partial charge in [0.1, 0.15) is 0 Å². The molecular formula is C18H27N3O3. The molecule has 0 bridgehead atoms. The van der Waals surface area contributed by atoms with Gasteiger partial charge in [0.15, 0.2) is 0 Å². The minimum Gasteiger partial charge on any atom is -0.379 e. The summed E-state index contributed by atoms with van der Waals surface area (Å²) in [6, 6.07) is 5.61. The molecule has 3 amide bonds. The Morgan fingerprint density at radius 2 is 2.08 bits per heavy atom. The molecule has 1 aromatic rings. The van der Waals surface area contributed by atoms with E-state index in [4.69, 9.17) is 4.74 Å². The molecule has 3 N–H and O–H groups in total. The first-order valence-corrected chi connectivity index (χ1v) is 8.54. The lowest BCUT2D eigenvalue weighted by molar-refractivity contribution is -0.116. The zero-order valence-corrected chi connectivity index (χ0v) is 14.6. The molecule has 2 rings (SSSR count). The SMILES string of the molecule is CC(C)OCCCNC(=O)NC(C)c1ccc2c(c1)CCC(=O)N2. The summed E-state index contributed by atoms with van der Waals surface area (Å²) in [5.74, 6) is 0.0576. The van der Waals surface area contributed by atoms with Crippen molar-refractivity contribution in [2.24, 2.45) is 0 Å². The Kier molecular flexibility index (Phi) is 6.61. The van der Waals surface area contributed by atoms with Crippen LogP contribution in [-0.2, 0) is 16.0 Å². The quantitative estimate of drug-likeness (QED) is 0.671. The minimum absolute atomic E-state index is 0.0576. The number of hydrogen-bond acceptors (Lipinski definition) is 3. The fourth-order valence-corrected chi connectivity index (χ4v) is 2.60. The van der Waals surface area contributed by atoms with Gasteiger partial charge in [-0.25, -0.2) is 4.79 Å². The molecule has 6 heteroatoms. The second-order valence-corrected chi connectivity index (χ2v) is 6.36. The van der Waals surface area contributed by atoms with Gasteiger partial charge in [-0.2, -0.15) is 0 Å². The van der Waals surface area contributed by atoms with Crippen LogP contribution in [0.5, 0.6) is 0 Å². The first-order valence-electron chi connectivity index (χ1n) is 8.54. The van der Waals surface area contributed by atoms with Crippen molar-refractivity contribution >= 4 is 17.6 Å². The van der Waals surface area contributed by atoms with E-state index >= 15 is 0 Å². The minimum atomic E-state index is -0.182. The monoisotopic (exact) mass is 333 g/mol. The van der Waals surface area contributed by atoms with Crippen molar-refractivity contribution in [1.29, 1.82) is 0 Å². The molecule has 1 aliphatic rings. The summed E-state index contributed by atoms with van der Waals surface area (Å²) < 4.78 is 5.43. The Balaban J connectivity index is 1.78. The summed E-state index contributed by atoms with van der Waals surface area (Å²) in [7, 11) is 0. The van der Waals surface area contributed by atoms with Gasteiger partial charge in [-0.3, -0.25) is 4.79 Å². The summed E-state index contributed by atoms with van der Waals surface area (Å²) in [5.41, 5.74) is 3.02. The van der Waals surface area contributed by atoms with Crippen LogP contribution < -0.4 is 16.0 Å². The first kappa shape index (κ1) is 18.3. The maximum atomic E-state index is 11.9. The Morgan fingerprint density at radius 3 is 2.83 bits per heavy atom. The number of aryl methyl sites for hydroxylation is 1.